The fourth-order valence-electron chi connectivity index (χ4n) is 3.94. The first-order chi connectivity index (χ1) is 8.49. The van der Waals surface area contributed by atoms with Crippen LogP contribution < -0.4 is 0 Å². The highest BCUT2D eigenvalue weighted by Crippen LogP contribution is 2.48. The predicted octanol–water partition coefficient (Wildman–Crippen LogP) is 2.50. The van der Waals surface area contributed by atoms with E-state index in [0.29, 0.717) is 24.0 Å². The summed E-state index contributed by atoms with van der Waals surface area (Å²) >= 11 is 0. The van der Waals surface area contributed by atoms with E-state index in [0.717, 1.165) is 18.4 Å². The number of ketones is 1. The lowest BCUT2D eigenvalue weighted by Gasteiger charge is -2.19. The molecule has 3 rings (SSSR count). The second kappa shape index (κ2) is 3.94. The molecule has 3 aliphatic rings. The molecule has 3 nitrogen and oxygen atoms in total. The van der Waals surface area contributed by atoms with E-state index in [1.165, 1.54) is 5.57 Å². The lowest BCUT2D eigenvalue weighted by Crippen LogP contribution is -2.20. The van der Waals surface area contributed by atoms with Crippen LogP contribution in [-0.2, 0) is 14.3 Å². The van der Waals surface area contributed by atoms with Crippen molar-refractivity contribution in [2.75, 3.05) is 0 Å². The van der Waals surface area contributed by atoms with E-state index in [2.05, 4.69) is 6.92 Å². The summed E-state index contributed by atoms with van der Waals surface area (Å²) in [5, 5.41) is 0. The fourth-order valence-corrected chi connectivity index (χ4v) is 3.94. The minimum Gasteiger partial charge on any atom is -0.462 e. The van der Waals surface area contributed by atoms with Crippen molar-refractivity contribution in [3.63, 3.8) is 0 Å². The van der Waals surface area contributed by atoms with Gasteiger partial charge in [0.25, 0.3) is 0 Å². The highest BCUT2D eigenvalue weighted by atomic mass is 16.6. The predicted molar refractivity (Wildman–Crippen MR) is 66.7 cm³/mol. The summed E-state index contributed by atoms with van der Waals surface area (Å²) in [6.45, 7) is 6.10. The maximum atomic E-state index is 11.9. The maximum Gasteiger partial charge on any atom is 0.309 e. The van der Waals surface area contributed by atoms with Crippen molar-refractivity contribution in [2.24, 2.45) is 23.7 Å². The van der Waals surface area contributed by atoms with Crippen LogP contribution in [0, 0.1) is 23.7 Å². The van der Waals surface area contributed by atoms with E-state index in [-0.39, 0.29) is 23.9 Å². The van der Waals surface area contributed by atoms with Crippen molar-refractivity contribution in [3.8, 4) is 0 Å². The number of ether oxygens (including phenoxy) is 1. The Morgan fingerprint density at radius 2 is 1.89 bits per heavy atom. The van der Waals surface area contributed by atoms with E-state index < -0.39 is 0 Å². The van der Waals surface area contributed by atoms with Crippen LogP contribution in [-0.4, -0.2) is 17.9 Å². The van der Waals surface area contributed by atoms with Crippen LogP contribution >= 0.6 is 0 Å². The summed E-state index contributed by atoms with van der Waals surface area (Å²) in [6, 6.07) is 0. The van der Waals surface area contributed by atoms with Gasteiger partial charge in [0.2, 0.25) is 0 Å². The first-order valence-electron chi connectivity index (χ1n) is 6.92. The van der Waals surface area contributed by atoms with Gasteiger partial charge < -0.3 is 4.74 Å². The number of hydrogen-bond acceptors (Lipinski definition) is 3. The van der Waals surface area contributed by atoms with Crippen molar-refractivity contribution in [3.05, 3.63) is 11.1 Å². The largest absolute Gasteiger partial charge is 0.462 e. The highest BCUT2D eigenvalue weighted by Gasteiger charge is 2.48. The minimum atomic E-state index is -0.0572. The van der Waals surface area contributed by atoms with Crippen LogP contribution in [0.1, 0.15) is 40.0 Å². The highest BCUT2D eigenvalue weighted by molar-refractivity contribution is 5.98. The monoisotopic (exact) mass is 248 g/mol. The molecule has 0 N–H and O–H groups in total. The van der Waals surface area contributed by atoms with Crippen LogP contribution in [0.25, 0.3) is 0 Å². The molecule has 3 heteroatoms. The lowest BCUT2D eigenvalue weighted by atomic mass is 9.85. The van der Waals surface area contributed by atoms with Gasteiger partial charge in [0.05, 0.1) is 5.92 Å². The molecule has 1 saturated carbocycles. The topological polar surface area (TPSA) is 43.4 Å². The molecule has 98 valence electrons. The van der Waals surface area contributed by atoms with Gasteiger partial charge in [-0.15, -0.1) is 0 Å². The molecular weight excluding hydrogens is 228 g/mol. The molecule has 0 amide bonds. The summed E-state index contributed by atoms with van der Waals surface area (Å²) in [6.07, 6.45) is 2.53. The standard InChI is InChI=1S/C15H20O3/c1-7-4-14-12(9(3)15(17)18-14)5-11-8(2)13(16)6-10(7)11/h7,9-10,12,14H,4-6H2,1-3H3/t7-,9+,10-,12+,14-/m0/s1. The Hall–Kier alpha value is -1.12. The summed E-state index contributed by atoms with van der Waals surface area (Å²) in [5.74, 6) is 1.35. The zero-order chi connectivity index (χ0) is 13.0. The third kappa shape index (κ3) is 1.56. The van der Waals surface area contributed by atoms with Crippen molar-refractivity contribution in [2.45, 2.75) is 46.1 Å². The number of esters is 1. The van der Waals surface area contributed by atoms with Crippen LogP contribution in [0.4, 0.5) is 0 Å². The van der Waals surface area contributed by atoms with Gasteiger partial charge in [-0.25, -0.2) is 0 Å². The molecule has 1 heterocycles. The molecule has 2 aliphatic carbocycles. The SMILES string of the molecule is CC1=C2C[C@H]3[C@H](C[C@H](C)[C@@H]2CC1=O)OC(=O)[C@@H]3C. The summed E-state index contributed by atoms with van der Waals surface area (Å²) in [5.41, 5.74) is 2.27. The molecule has 1 saturated heterocycles. The zero-order valence-electron chi connectivity index (χ0n) is 11.2. The molecule has 0 aromatic carbocycles. The molecule has 1 aliphatic heterocycles. The van der Waals surface area contributed by atoms with Gasteiger partial charge in [0.1, 0.15) is 6.10 Å². The van der Waals surface area contributed by atoms with Gasteiger partial charge >= 0.3 is 5.97 Å². The molecule has 2 fully saturated rings. The Morgan fingerprint density at radius 3 is 2.61 bits per heavy atom. The maximum absolute atomic E-state index is 11.9. The Kier molecular flexibility index (Phi) is 2.61. The van der Waals surface area contributed by atoms with Gasteiger partial charge in [0.15, 0.2) is 5.78 Å². The summed E-state index contributed by atoms with van der Waals surface area (Å²) in [7, 11) is 0. The van der Waals surface area contributed by atoms with Crippen LogP contribution in [0.5, 0.6) is 0 Å². The van der Waals surface area contributed by atoms with Crippen molar-refractivity contribution >= 4 is 11.8 Å². The van der Waals surface area contributed by atoms with Gasteiger partial charge in [0, 0.05) is 12.3 Å². The number of carbonyl (C=O) groups excluding carboxylic acids is 2. The van der Waals surface area contributed by atoms with Crippen molar-refractivity contribution < 1.29 is 14.3 Å². The van der Waals surface area contributed by atoms with E-state index >= 15 is 0 Å². The Bertz CT molecular complexity index is 449. The molecule has 0 spiro atoms. The van der Waals surface area contributed by atoms with Gasteiger partial charge in [-0.3, -0.25) is 9.59 Å². The van der Waals surface area contributed by atoms with E-state index in [1.54, 1.807) is 0 Å². The first-order valence-corrected chi connectivity index (χ1v) is 6.92. The summed E-state index contributed by atoms with van der Waals surface area (Å²) in [4.78, 5) is 23.6. The van der Waals surface area contributed by atoms with E-state index in [4.69, 9.17) is 4.74 Å². The van der Waals surface area contributed by atoms with E-state index in [9.17, 15) is 9.59 Å². The van der Waals surface area contributed by atoms with Crippen molar-refractivity contribution in [1.29, 1.82) is 0 Å². The second-order valence-electron chi connectivity index (χ2n) is 6.23. The van der Waals surface area contributed by atoms with Crippen LogP contribution in [0.3, 0.4) is 0 Å². The Morgan fingerprint density at radius 1 is 1.17 bits per heavy atom. The number of Topliss-reactive ketones (excluding diaryl/α,β-unsaturated/α-hetero) is 1. The molecular formula is C15H20O3. The molecule has 0 radical (unpaired) electrons. The zero-order valence-corrected chi connectivity index (χ0v) is 11.2. The van der Waals surface area contributed by atoms with Crippen LogP contribution in [0.2, 0.25) is 0 Å². The third-order valence-electron chi connectivity index (χ3n) is 5.26. The lowest BCUT2D eigenvalue weighted by molar-refractivity contribution is -0.144. The van der Waals surface area contributed by atoms with Gasteiger partial charge in [-0.2, -0.15) is 0 Å². The number of allylic oxidation sites excluding steroid dienone is 2. The molecule has 0 unspecified atom stereocenters. The quantitative estimate of drug-likeness (QED) is 0.619. The average molecular weight is 248 g/mol. The number of carbonyl (C=O) groups is 2. The fraction of sp³-hybridized carbons (Fsp3) is 0.733. The molecule has 0 bridgehead atoms. The number of fused-ring (bicyclic) bond motifs is 2. The Labute approximate surface area is 108 Å². The molecule has 5 atom stereocenters. The average Bonchev–Trinajstić information content (AvgIpc) is 2.68. The second-order valence-corrected chi connectivity index (χ2v) is 6.23. The van der Waals surface area contributed by atoms with E-state index in [1.807, 2.05) is 13.8 Å². The normalized spacial score (nSPS) is 43.6. The number of hydrogen-bond donors (Lipinski definition) is 0. The minimum absolute atomic E-state index is 0.0167. The Balaban J connectivity index is 1.97. The molecule has 18 heavy (non-hydrogen) atoms. The van der Waals surface area contributed by atoms with Gasteiger partial charge in [-0.1, -0.05) is 19.4 Å². The molecule has 0 aromatic heterocycles. The van der Waals surface area contributed by atoms with Gasteiger partial charge in [-0.05, 0) is 37.2 Å². The smallest absolute Gasteiger partial charge is 0.309 e. The third-order valence-corrected chi connectivity index (χ3v) is 5.26. The summed E-state index contributed by atoms with van der Waals surface area (Å²) < 4.78 is 5.51. The first kappa shape index (κ1) is 11.9. The number of rotatable bonds is 0. The van der Waals surface area contributed by atoms with Crippen LogP contribution in [0.15, 0.2) is 11.1 Å². The van der Waals surface area contributed by atoms with Crippen molar-refractivity contribution in [1.82, 2.24) is 0 Å². The molecule has 0 aromatic rings.